The van der Waals surface area contributed by atoms with Gasteiger partial charge in [0.15, 0.2) is 0 Å². The second kappa shape index (κ2) is 11.1. The maximum absolute atomic E-state index is 2.62. The largest absolute Gasteiger partial charge is 0.310 e. The van der Waals surface area contributed by atoms with Crippen molar-refractivity contribution in [1.82, 2.24) is 9.13 Å². The minimum Gasteiger partial charge on any atom is -0.310 e. The number of rotatable bonds is 6. The van der Waals surface area contributed by atoms with E-state index in [0.717, 1.165) is 34.3 Å². The molecular formula is C46H33BIN3. The Hall–Kier alpha value is -5.27. The highest BCUT2D eigenvalue weighted by atomic mass is 127. The first kappa shape index (κ1) is 29.5. The van der Waals surface area contributed by atoms with Gasteiger partial charge < -0.3 is 14.0 Å². The van der Waals surface area contributed by atoms with Crippen molar-refractivity contribution in [2.45, 2.75) is 24.2 Å². The Labute approximate surface area is 311 Å². The van der Waals surface area contributed by atoms with E-state index in [4.69, 9.17) is 0 Å². The Bertz CT molecular complexity index is 2830. The van der Waals surface area contributed by atoms with Crippen molar-refractivity contribution < 1.29 is 0 Å². The zero-order chi connectivity index (χ0) is 33.8. The van der Waals surface area contributed by atoms with E-state index >= 15 is 0 Å². The average molecular weight is 766 g/mol. The lowest BCUT2D eigenvalue weighted by Crippen LogP contribution is -2.60. The van der Waals surface area contributed by atoms with Gasteiger partial charge in [-0.25, -0.2) is 0 Å². The van der Waals surface area contributed by atoms with E-state index in [1.165, 1.54) is 82.5 Å². The minimum atomic E-state index is 0.155. The lowest BCUT2D eigenvalue weighted by atomic mass is 9.33. The van der Waals surface area contributed by atoms with Gasteiger partial charge in [0.1, 0.15) is 0 Å². The summed E-state index contributed by atoms with van der Waals surface area (Å²) in [5, 5.41) is 5.26. The summed E-state index contributed by atoms with van der Waals surface area (Å²) in [7, 11) is 0. The first-order chi connectivity index (χ1) is 25.3. The molecule has 0 fully saturated rings. The first-order valence-corrected chi connectivity index (χ1v) is 19.5. The molecule has 2 aliphatic rings. The van der Waals surface area contributed by atoms with E-state index in [9.17, 15) is 0 Å². The predicted octanol–water partition coefficient (Wildman–Crippen LogP) is 10.4. The average Bonchev–Trinajstić information content (AvgIpc) is 3.70. The van der Waals surface area contributed by atoms with Crippen molar-refractivity contribution >= 4 is 106 Å². The summed E-state index contributed by atoms with van der Waals surface area (Å²) in [6, 6.07) is 54.2. The fourth-order valence-corrected chi connectivity index (χ4v) is 10.3. The van der Waals surface area contributed by atoms with Gasteiger partial charge in [0.2, 0.25) is 0 Å². The summed E-state index contributed by atoms with van der Waals surface area (Å²) in [6.07, 6.45) is 2.24. The first-order valence-electron chi connectivity index (χ1n) is 18.0. The van der Waals surface area contributed by atoms with Crippen LogP contribution in [0.5, 0.6) is 0 Å². The van der Waals surface area contributed by atoms with Gasteiger partial charge in [-0.1, -0.05) is 115 Å². The second-order valence-electron chi connectivity index (χ2n) is 14.0. The normalized spacial score (nSPS) is 12.7. The molecule has 0 unspecified atom stereocenters. The van der Waals surface area contributed by atoms with Crippen LogP contribution >= 0.6 is 22.6 Å². The minimum absolute atomic E-state index is 0.155. The second-order valence-corrected chi connectivity index (χ2v) is 14.8. The fraction of sp³-hybridized carbons (Fsp3) is 0.0870. The summed E-state index contributed by atoms with van der Waals surface area (Å²) < 4.78 is 6.17. The van der Waals surface area contributed by atoms with E-state index in [0.29, 0.717) is 0 Å². The molecule has 0 bridgehead atoms. The van der Waals surface area contributed by atoms with Crippen molar-refractivity contribution in [3.63, 3.8) is 0 Å². The molecule has 7 aromatic carbocycles. The molecule has 2 aromatic heterocycles. The van der Waals surface area contributed by atoms with Crippen LogP contribution in [0.25, 0.3) is 55.0 Å². The molecule has 0 atom stereocenters. The molecule has 9 aromatic rings. The molecule has 242 valence electrons. The van der Waals surface area contributed by atoms with Crippen LogP contribution in [0.3, 0.4) is 0 Å². The molecule has 5 heteroatoms. The van der Waals surface area contributed by atoms with Crippen LogP contribution in [-0.4, -0.2) is 15.8 Å². The van der Waals surface area contributed by atoms with Gasteiger partial charge in [-0.15, -0.1) is 0 Å². The van der Waals surface area contributed by atoms with E-state index in [2.05, 4.69) is 189 Å². The maximum atomic E-state index is 2.62. The van der Waals surface area contributed by atoms with Crippen LogP contribution in [-0.2, 0) is 10.8 Å². The van der Waals surface area contributed by atoms with Gasteiger partial charge in [-0.3, -0.25) is 0 Å². The number of halogens is 1. The summed E-state index contributed by atoms with van der Waals surface area (Å²) in [6.45, 7) is 2.46. The van der Waals surface area contributed by atoms with E-state index in [-0.39, 0.29) is 6.71 Å². The van der Waals surface area contributed by atoms with Gasteiger partial charge in [0.05, 0.1) is 22.1 Å². The van der Waals surface area contributed by atoms with Crippen molar-refractivity contribution in [3.8, 4) is 11.4 Å². The van der Waals surface area contributed by atoms with Gasteiger partial charge in [0.25, 0.3) is 6.71 Å². The molecule has 0 saturated heterocycles. The lowest BCUT2D eigenvalue weighted by Gasteiger charge is -2.34. The number of hydrogen-bond donors (Lipinski definition) is 0. The maximum Gasteiger partial charge on any atom is 0.252 e. The summed E-state index contributed by atoms with van der Waals surface area (Å²) in [5.41, 5.74) is 18.7. The van der Waals surface area contributed by atoms with E-state index < -0.39 is 0 Å². The van der Waals surface area contributed by atoms with E-state index in [1.54, 1.807) is 0 Å². The molecule has 0 saturated carbocycles. The molecule has 11 rings (SSSR count). The number of anilines is 3. The van der Waals surface area contributed by atoms with Gasteiger partial charge >= 0.3 is 0 Å². The van der Waals surface area contributed by atoms with Crippen molar-refractivity contribution in [2.24, 2.45) is 0 Å². The van der Waals surface area contributed by atoms with Crippen LogP contribution in [0.2, 0.25) is 0 Å². The lowest BCUT2D eigenvalue weighted by molar-refractivity contribution is 0.912. The smallest absolute Gasteiger partial charge is 0.252 e. The summed E-state index contributed by atoms with van der Waals surface area (Å²) >= 11 is 2.62. The van der Waals surface area contributed by atoms with Crippen molar-refractivity contribution in [1.29, 1.82) is 0 Å². The zero-order valence-electron chi connectivity index (χ0n) is 28.3. The van der Waals surface area contributed by atoms with E-state index in [1.807, 2.05) is 0 Å². The monoisotopic (exact) mass is 765 g/mol. The highest BCUT2D eigenvalue weighted by molar-refractivity contribution is 14.1. The highest BCUT2D eigenvalue weighted by Crippen LogP contribution is 2.44. The third kappa shape index (κ3) is 3.95. The van der Waals surface area contributed by atoms with Crippen LogP contribution in [0.1, 0.15) is 24.5 Å². The van der Waals surface area contributed by atoms with Gasteiger partial charge in [-0.2, -0.15) is 0 Å². The van der Waals surface area contributed by atoms with Gasteiger partial charge in [-0.05, 0) is 101 Å². The molecule has 0 amide bonds. The number of nitrogens with zero attached hydrogens (tertiary/aromatic N) is 3. The molecule has 0 N–H and O–H groups in total. The van der Waals surface area contributed by atoms with Crippen molar-refractivity contribution in [2.75, 3.05) is 4.90 Å². The molecule has 2 aliphatic heterocycles. The Balaban J connectivity index is 1.31. The standard InChI is InChI=1S/C46H33BIN3/c1-2-13-29-22-24-42-43(37(29)28-48)47-38-19-10-12-21-41(38)50-40-25-23-32(49(30-14-5-3-6-15-30)31-16-7-4-8-17-31)26-34(40)36-27-35-33-18-9-11-20-39(33)51(42)45(35)44(47)46(36)50/h3-12,14-27H,2,13,28H2,1H3. The predicted molar refractivity (Wildman–Crippen MR) is 226 cm³/mol. The van der Waals surface area contributed by atoms with Crippen molar-refractivity contribution in [3.05, 3.63) is 157 Å². The van der Waals surface area contributed by atoms with Gasteiger partial charge in [0, 0.05) is 54.4 Å². The molecule has 0 aliphatic carbocycles. The number of fused-ring (bicyclic) bond motifs is 12. The van der Waals surface area contributed by atoms with Crippen LogP contribution in [0, 0.1) is 0 Å². The third-order valence-corrected chi connectivity index (χ3v) is 12.1. The number of alkyl halides is 1. The number of aromatic nitrogens is 2. The number of aryl methyl sites for hydroxylation is 1. The number of para-hydroxylation sites is 4. The number of benzene rings is 7. The Morgan fingerprint density at radius 2 is 1.20 bits per heavy atom. The SMILES string of the molecule is CCCc1ccc2c(c1CI)B1c3ccccc3-n3c4ccc(N(c5ccccc5)c5ccccc5)cc4c4cc5c6ccccc6n-2c5c1c43. The zero-order valence-corrected chi connectivity index (χ0v) is 30.4. The Morgan fingerprint density at radius 1 is 0.549 bits per heavy atom. The molecule has 0 radical (unpaired) electrons. The summed E-state index contributed by atoms with van der Waals surface area (Å²) in [4.78, 5) is 2.38. The molecule has 4 heterocycles. The summed E-state index contributed by atoms with van der Waals surface area (Å²) in [5.74, 6) is 0. The highest BCUT2D eigenvalue weighted by Gasteiger charge is 2.42. The molecule has 0 spiro atoms. The van der Waals surface area contributed by atoms with Crippen LogP contribution < -0.4 is 21.3 Å². The third-order valence-electron chi connectivity index (χ3n) is 11.4. The molecule has 51 heavy (non-hydrogen) atoms. The Morgan fingerprint density at radius 3 is 1.94 bits per heavy atom. The van der Waals surface area contributed by atoms with Crippen LogP contribution in [0.4, 0.5) is 17.1 Å². The molecular weight excluding hydrogens is 732 g/mol. The van der Waals surface area contributed by atoms with Crippen LogP contribution in [0.15, 0.2) is 146 Å². The topological polar surface area (TPSA) is 13.1 Å². The fourth-order valence-electron chi connectivity index (χ4n) is 9.43. The molecule has 3 nitrogen and oxygen atoms in total. The number of hydrogen-bond acceptors (Lipinski definition) is 1. The quantitative estimate of drug-likeness (QED) is 0.0934. The Kier molecular flexibility index (Phi) is 6.42.